The molecule has 0 spiro atoms. The number of carboxylic acids is 2. The second-order valence-electron chi connectivity index (χ2n) is 6.50. The van der Waals surface area contributed by atoms with Crippen molar-refractivity contribution >= 4 is 17.7 Å². The van der Waals surface area contributed by atoms with Crippen LogP contribution in [-0.2, 0) is 9.59 Å². The Labute approximate surface area is 163 Å². The normalized spacial score (nSPS) is 11.8. The lowest BCUT2D eigenvalue weighted by molar-refractivity contribution is -0.155. The average Bonchev–Trinajstić information content (AvgIpc) is 2.68. The maximum atomic E-state index is 13.0. The number of hydrogen-bond acceptors (Lipinski definition) is 4. The largest absolute Gasteiger partial charge is 0.493 e. The molecule has 0 bridgehead atoms. The van der Waals surface area contributed by atoms with Crippen LogP contribution in [0.1, 0.15) is 48.0 Å². The molecule has 2 aromatic carbocycles. The van der Waals surface area contributed by atoms with Crippen LogP contribution in [-0.4, -0.2) is 34.5 Å². The number of Topliss-reactive ketones (excluding diaryl/α,β-unsaturated/α-hetero) is 1. The third kappa shape index (κ3) is 5.42. The molecule has 2 N–H and O–H groups in total. The van der Waals surface area contributed by atoms with Gasteiger partial charge < -0.3 is 14.9 Å². The molecule has 28 heavy (non-hydrogen) atoms. The first-order valence-electron chi connectivity index (χ1n) is 9.21. The van der Waals surface area contributed by atoms with E-state index in [1.807, 2.05) is 6.92 Å². The van der Waals surface area contributed by atoms with Crippen LogP contribution in [0.3, 0.4) is 0 Å². The Kier molecular flexibility index (Phi) is 7.75. The summed E-state index contributed by atoms with van der Waals surface area (Å²) in [6.45, 7) is 2.50. The molecule has 148 valence electrons. The smallest absolute Gasteiger partial charge is 0.318 e. The number of carbonyl (C=O) groups excluding carboxylic acids is 1. The van der Waals surface area contributed by atoms with Crippen LogP contribution in [0.4, 0.5) is 0 Å². The van der Waals surface area contributed by atoms with E-state index >= 15 is 0 Å². The molecular weight excluding hydrogens is 360 g/mol. The lowest BCUT2D eigenvalue weighted by Gasteiger charge is -2.21. The molecule has 0 heterocycles. The number of unbranched alkanes of at least 4 members (excludes halogenated alkanes) is 1. The van der Waals surface area contributed by atoms with Gasteiger partial charge in [0.05, 0.1) is 12.2 Å². The van der Waals surface area contributed by atoms with E-state index in [4.69, 9.17) is 4.74 Å². The predicted molar refractivity (Wildman–Crippen MR) is 104 cm³/mol. The number of rotatable bonds is 11. The van der Waals surface area contributed by atoms with E-state index in [9.17, 15) is 24.6 Å². The van der Waals surface area contributed by atoms with Gasteiger partial charge in [-0.2, -0.15) is 0 Å². The van der Waals surface area contributed by atoms with Crippen molar-refractivity contribution in [3.63, 3.8) is 0 Å². The summed E-state index contributed by atoms with van der Waals surface area (Å²) in [5.41, 5.74) is 0.823. The molecule has 2 rings (SSSR count). The van der Waals surface area contributed by atoms with Crippen molar-refractivity contribution in [2.24, 2.45) is 5.92 Å². The highest BCUT2D eigenvalue weighted by Crippen LogP contribution is 2.32. The third-order valence-electron chi connectivity index (χ3n) is 4.51. The molecule has 0 radical (unpaired) electrons. The van der Waals surface area contributed by atoms with Crippen LogP contribution in [0, 0.1) is 5.92 Å². The van der Waals surface area contributed by atoms with Crippen LogP contribution in [0.5, 0.6) is 5.75 Å². The topological polar surface area (TPSA) is 101 Å². The number of ketones is 1. The Hall–Kier alpha value is -3.15. The first kappa shape index (κ1) is 21.2. The van der Waals surface area contributed by atoms with Crippen molar-refractivity contribution in [2.45, 2.75) is 32.1 Å². The van der Waals surface area contributed by atoms with E-state index in [0.717, 1.165) is 12.8 Å². The van der Waals surface area contributed by atoms with Gasteiger partial charge in [-0.15, -0.1) is 0 Å². The van der Waals surface area contributed by atoms with E-state index in [0.29, 0.717) is 23.5 Å². The molecule has 0 aromatic heterocycles. The molecule has 0 aliphatic heterocycles. The summed E-state index contributed by atoms with van der Waals surface area (Å²) in [6.07, 6.45) is 1.54. The highest BCUT2D eigenvalue weighted by atomic mass is 16.5. The molecule has 0 saturated carbocycles. The zero-order chi connectivity index (χ0) is 20.5. The third-order valence-corrected chi connectivity index (χ3v) is 4.51. The average molecular weight is 384 g/mol. The summed E-state index contributed by atoms with van der Waals surface area (Å²) < 4.78 is 5.69. The van der Waals surface area contributed by atoms with Crippen molar-refractivity contribution in [3.8, 4) is 5.75 Å². The molecule has 1 unspecified atom stereocenters. The molecule has 0 aliphatic rings. The summed E-state index contributed by atoms with van der Waals surface area (Å²) in [5.74, 6) is -5.58. The van der Waals surface area contributed by atoms with Crippen LogP contribution in [0.2, 0.25) is 0 Å². The molecule has 0 fully saturated rings. The van der Waals surface area contributed by atoms with Crippen LogP contribution in [0.15, 0.2) is 54.6 Å². The van der Waals surface area contributed by atoms with Gasteiger partial charge in [-0.05, 0) is 24.1 Å². The van der Waals surface area contributed by atoms with Crippen molar-refractivity contribution < 1.29 is 29.3 Å². The quantitative estimate of drug-likeness (QED) is 0.345. The lowest BCUT2D eigenvalue weighted by Crippen LogP contribution is -2.31. The highest BCUT2D eigenvalue weighted by Gasteiger charge is 2.37. The number of ether oxygens (including phenoxy) is 1. The second kappa shape index (κ2) is 10.3. The Morgan fingerprint density at radius 2 is 1.54 bits per heavy atom. The number of para-hydroxylation sites is 1. The predicted octanol–water partition coefficient (Wildman–Crippen LogP) is 4.01. The molecule has 6 heteroatoms. The first-order chi connectivity index (χ1) is 13.5. The monoisotopic (exact) mass is 384 g/mol. The Morgan fingerprint density at radius 1 is 0.929 bits per heavy atom. The van der Waals surface area contributed by atoms with Gasteiger partial charge in [0, 0.05) is 12.3 Å². The summed E-state index contributed by atoms with van der Waals surface area (Å²) in [5, 5.41) is 18.9. The fourth-order valence-corrected chi connectivity index (χ4v) is 3.04. The van der Waals surface area contributed by atoms with Gasteiger partial charge in [-0.1, -0.05) is 55.8 Å². The molecule has 6 nitrogen and oxygen atoms in total. The number of carboxylic acid groups (broad SMARTS) is 2. The van der Waals surface area contributed by atoms with Crippen molar-refractivity contribution in [3.05, 3.63) is 65.7 Å². The lowest BCUT2D eigenvalue weighted by atomic mass is 9.81. The summed E-state index contributed by atoms with van der Waals surface area (Å²) >= 11 is 0. The maximum absolute atomic E-state index is 13.0. The molecule has 2 aromatic rings. The van der Waals surface area contributed by atoms with E-state index in [2.05, 4.69) is 0 Å². The van der Waals surface area contributed by atoms with Gasteiger partial charge in [-0.25, -0.2) is 0 Å². The zero-order valence-electron chi connectivity index (χ0n) is 15.7. The number of carbonyl (C=O) groups is 3. The van der Waals surface area contributed by atoms with Gasteiger partial charge >= 0.3 is 11.9 Å². The van der Waals surface area contributed by atoms with E-state index < -0.39 is 23.8 Å². The molecule has 0 saturated heterocycles. The van der Waals surface area contributed by atoms with Crippen LogP contribution in [0.25, 0.3) is 0 Å². The molecule has 1 atom stereocenters. The second-order valence-corrected chi connectivity index (χ2v) is 6.50. The van der Waals surface area contributed by atoms with Crippen molar-refractivity contribution in [1.29, 1.82) is 0 Å². The van der Waals surface area contributed by atoms with Gasteiger partial charge in [0.1, 0.15) is 5.75 Å². The van der Waals surface area contributed by atoms with Crippen LogP contribution < -0.4 is 4.74 Å². The number of benzene rings is 2. The fourth-order valence-electron chi connectivity index (χ4n) is 3.04. The Morgan fingerprint density at radius 3 is 2.14 bits per heavy atom. The van der Waals surface area contributed by atoms with E-state index in [-0.39, 0.29) is 12.2 Å². The summed E-state index contributed by atoms with van der Waals surface area (Å²) in [4.78, 5) is 36.2. The standard InChI is InChI=1S/C22H24O6/c1-2-3-13-28-19-12-8-7-11-16(19)18(23)14-17(15-9-5-4-6-10-15)20(21(24)25)22(26)27/h4-12,17,20H,2-3,13-14H2,1H3,(H,24,25)(H,26,27). The van der Waals surface area contributed by atoms with E-state index in [1.54, 1.807) is 54.6 Å². The molecule has 0 amide bonds. The van der Waals surface area contributed by atoms with E-state index in [1.165, 1.54) is 0 Å². The van der Waals surface area contributed by atoms with Crippen LogP contribution >= 0.6 is 0 Å². The van der Waals surface area contributed by atoms with Gasteiger partial charge in [0.2, 0.25) is 0 Å². The first-order valence-corrected chi connectivity index (χ1v) is 9.21. The van der Waals surface area contributed by atoms with Gasteiger partial charge in [0.25, 0.3) is 0 Å². The SMILES string of the molecule is CCCCOc1ccccc1C(=O)CC(c1ccccc1)C(C(=O)O)C(=O)O. The number of aliphatic carboxylic acids is 2. The summed E-state index contributed by atoms with van der Waals surface area (Å²) in [7, 11) is 0. The number of hydrogen-bond donors (Lipinski definition) is 2. The maximum Gasteiger partial charge on any atom is 0.318 e. The minimum absolute atomic E-state index is 0.249. The highest BCUT2D eigenvalue weighted by molar-refractivity contribution is 6.01. The minimum Gasteiger partial charge on any atom is -0.493 e. The van der Waals surface area contributed by atoms with Gasteiger partial charge in [0.15, 0.2) is 11.7 Å². The van der Waals surface area contributed by atoms with Crippen molar-refractivity contribution in [1.82, 2.24) is 0 Å². The van der Waals surface area contributed by atoms with Gasteiger partial charge in [-0.3, -0.25) is 14.4 Å². The molecule has 0 aliphatic carbocycles. The zero-order valence-corrected chi connectivity index (χ0v) is 15.7. The Balaban J connectivity index is 2.33. The summed E-state index contributed by atoms with van der Waals surface area (Å²) in [6, 6.07) is 15.2. The minimum atomic E-state index is -1.72. The van der Waals surface area contributed by atoms with Crippen molar-refractivity contribution in [2.75, 3.05) is 6.61 Å². The molecular formula is C22H24O6. The fraction of sp³-hybridized carbons (Fsp3) is 0.318. The Bertz CT molecular complexity index is 801.